The fraction of sp³-hybridized carbons (Fsp3) is 0.571. The number of rotatable bonds is 4. The van der Waals surface area contributed by atoms with Crippen LogP contribution in [0.25, 0.3) is 11.3 Å². The molecule has 1 aromatic carbocycles. The minimum Gasteiger partial charge on any atom is -0.325 e. The van der Waals surface area contributed by atoms with Crippen LogP contribution in [0.15, 0.2) is 36.5 Å². The number of benzene rings is 1. The van der Waals surface area contributed by atoms with Crippen LogP contribution in [0.5, 0.6) is 0 Å². The number of hydrogen-bond acceptors (Lipinski definition) is 4. The molecule has 1 spiro atoms. The largest absolute Gasteiger partial charge is 0.325 e. The van der Waals surface area contributed by atoms with E-state index in [1.807, 2.05) is 26.1 Å². The lowest BCUT2D eigenvalue weighted by molar-refractivity contribution is 0.0274. The van der Waals surface area contributed by atoms with Crippen LogP contribution in [-0.2, 0) is 22.1 Å². The Kier molecular flexibility index (Phi) is 5.10. The van der Waals surface area contributed by atoms with Gasteiger partial charge >= 0.3 is 0 Å². The van der Waals surface area contributed by atoms with Crippen molar-refractivity contribution in [1.29, 1.82) is 0 Å². The second kappa shape index (κ2) is 7.28. The molecular weight excluding hydrogens is 372 g/mol. The minimum atomic E-state index is -3.18. The molecular formula is C21H30N4O2S. The number of aromatic nitrogens is 2. The zero-order chi connectivity index (χ0) is 19.9. The third-order valence-corrected chi connectivity index (χ3v) is 8.46. The summed E-state index contributed by atoms with van der Waals surface area (Å²) in [5.41, 5.74) is 2.14. The molecule has 6 nitrogen and oxygen atoms in total. The van der Waals surface area contributed by atoms with E-state index in [1.54, 1.807) is 4.31 Å². The van der Waals surface area contributed by atoms with Crippen molar-refractivity contribution < 1.29 is 8.42 Å². The number of hydrogen-bond donors (Lipinski definition) is 0. The number of sulfonamides is 1. The smallest absolute Gasteiger partial charge is 0.214 e. The van der Waals surface area contributed by atoms with Gasteiger partial charge in [0, 0.05) is 26.2 Å². The fourth-order valence-electron chi connectivity index (χ4n) is 4.71. The van der Waals surface area contributed by atoms with E-state index in [9.17, 15) is 8.42 Å². The molecule has 152 valence electrons. The number of nitrogens with zero attached hydrogens (tertiary/aromatic N) is 4. The molecule has 2 aliphatic heterocycles. The van der Waals surface area contributed by atoms with E-state index >= 15 is 0 Å². The number of imidazole rings is 1. The Labute approximate surface area is 168 Å². The van der Waals surface area contributed by atoms with E-state index in [1.165, 1.54) is 5.56 Å². The van der Waals surface area contributed by atoms with Crippen molar-refractivity contribution in [1.82, 2.24) is 18.8 Å². The van der Waals surface area contributed by atoms with Gasteiger partial charge in [-0.2, -0.15) is 0 Å². The summed E-state index contributed by atoms with van der Waals surface area (Å²) in [4.78, 5) is 7.23. The first-order valence-corrected chi connectivity index (χ1v) is 11.7. The van der Waals surface area contributed by atoms with Gasteiger partial charge in [-0.3, -0.25) is 4.90 Å². The van der Waals surface area contributed by atoms with Crippen LogP contribution >= 0.6 is 0 Å². The van der Waals surface area contributed by atoms with Crippen molar-refractivity contribution in [3.05, 3.63) is 42.4 Å². The highest BCUT2D eigenvalue weighted by atomic mass is 32.2. The monoisotopic (exact) mass is 402 g/mol. The average Bonchev–Trinajstić information content (AvgIpc) is 3.10. The zero-order valence-electron chi connectivity index (χ0n) is 17.0. The van der Waals surface area contributed by atoms with E-state index in [2.05, 4.69) is 40.8 Å². The first-order chi connectivity index (χ1) is 13.3. The summed E-state index contributed by atoms with van der Waals surface area (Å²) >= 11 is 0. The highest BCUT2D eigenvalue weighted by molar-refractivity contribution is 7.89. The van der Waals surface area contributed by atoms with E-state index in [0.717, 1.165) is 37.4 Å². The lowest BCUT2D eigenvalue weighted by Gasteiger charge is -2.49. The predicted octanol–water partition coefficient (Wildman–Crippen LogP) is 2.77. The Morgan fingerprint density at radius 1 is 1.07 bits per heavy atom. The summed E-state index contributed by atoms with van der Waals surface area (Å²) in [7, 11) is -1.03. The van der Waals surface area contributed by atoms with Gasteiger partial charge in [0.25, 0.3) is 0 Å². The lowest BCUT2D eigenvalue weighted by atomic mass is 9.84. The molecule has 0 amide bonds. The molecule has 0 bridgehead atoms. The maximum Gasteiger partial charge on any atom is 0.214 e. The summed E-state index contributed by atoms with van der Waals surface area (Å²) in [5, 5.41) is 0. The predicted molar refractivity (Wildman–Crippen MR) is 111 cm³/mol. The number of piperidine rings is 1. The molecule has 28 heavy (non-hydrogen) atoms. The summed E-state index contributed by atoms with van der Waals surface area (Å²) in [6, 6.07) is 10.4. The third-order valence-electron chi connectivity index (χ3n) is 6.22. The van der Waals surface area contributed by atoms with Crippen molar-refractivity contribution in [2.75, 3.05) is 32.4 Å². The van der Waals surface area contributed by atoms with Crippen LogP contribution in [0.1, 0.15) is 32.5 Å². The second-order valence-electron chi connectivity index (χ2n) is 8.51. The zero-order valence-corrected chi connectivity index (χ0v) is 17.8. The Balaban J connectivity index is 1.63. The molecule has 0 unspecified atom stereocenters. The van der Waals surface area contributed by atoms with Gasteiger partial charge in [-0.15, -0.1) is 0 Å². The van der Waals surface area contributed by atoms with E-state index in [-0.39, 0.29) is 17.2 Å². The van der Waals surface area contributed by atoms with E-state index < -0.39 is 10.0 Å². The van der Waals surface area contributed by atoms with Gasteiger partial charge in [0.05, 0.1) is 23.2 Å². The van der Waals surface area contributed by atoms with Crippen LogP contribution in [-0.4, -0.2) is 59.6 Å². The molecule has 1 aromatic heterocycles. The van der Waals surface area contributed by atoms with E-state index in [0.29, 0.717) is 13.1 Å². The summed E-state index contributed by atoms with van der Waals surface area (Å²) in [6.45, 7) is 6.90. The van der Waals surface area contributed by atoms with Crippen molar-refractivity contribution in [3.63, 3.8) is 0 Å². The Bertz CT molecular complexity index is 929. The lowest BCUT2D eigenvalue weighted by Crippen LogP contribution is -2.57. The van der Waals surface area contributed by atoms with E-state index in [4.69, 9.17) is 4.98 Å². The highest BCUT2D eigenvalue weighted by Gasteiger charge is 2.47. The maximum absolute atomic E-state index is 12.7. The first kappa shape index (κ1) is 19.6. The molecule has 0 saturated carbocycles. The normalized spacial score (nSPS) is 20.6. The van der Waals surface area contributed by atoms with Crippen LogP contribution < -0.4 is 0 Å². The Morgan fingerprint density at radius 2 is 1.75 bits per heavy atom. The molecule has 0 aliphatic carbocycles. The standard InChI is InChI=1S/C21H30N4O2S/c1-17(2)16-28(26,27)24-11-9-21(10-12-24)20-22-15-19(18-7-5-4-6-8-18)25(20)14-13-23(21)3/h4-8,15,17H,9-14,16H2,1-3H3. The van der Waals surface area contributed by atoms with Gasteiger partial charge in [-0.1, -0.05) is 44.2 Å². The number of fused-ring (bicyclic) bond motifs is 2. The molecule has 7 heteroatoms. The van der Waals surface area contributed by atoms with Gasteiger partial charge in [0.15, 0.2) is 0 Å². The summed E-state index contributed by atoms with van der Waals surface area (Å²) in [5.74, 6) is 1.45. The Morgan fingerprint density at radius 3 is 2.39 bits per heavy atom. The van der Waals surface area contributed by atoms with Crippen LogP contribution in [0.2, 0.25) is 0 Å². The van der Waals surface area contributed by atoms with Crippen LogP contribution in [0.4, 0.5) is 0 Å². The molecule has 1 saturated heterocycles. The molecule has 4 rings (SSSR count). The number of likely N-dealkylation sites (N-methyl/N-ethyl adjacent to an activating group) is 1. The highest BCUT2D eigenvalue weighted by Crippen LogP contribution is 2.42. The van der Waals surface area contributed by atoms with Gasteiger partial charge in [0.1, 0.15) is 5.82 Å². The second-order valence-corrected chi connectivity index (χ2v) is 10.5. The molecule has 3 heterocycles. The third kappa shape index (κ3) is 3.29. The molecule has 0 atom stereocenters. The van der Waals surface area contributed by atoms with Gasteiger partial charge in [-0.25, -0.2) is 17.7 Å². The fourth-order valence-corrected chi connectivity index (χ4v) is 6.51. The average molecular weight is 403 g/mol. The molecule has 0 N–H and O–H groups in total. The quantitative estimate of drug-likeness (QED) is 0.789. The first-order valence-electron chi connectivity index (χ1n) is 10.1. The molecule has 2 aliphatic rings. The topological polar surface area (TPSA) is 58.4 Å². The van der Waals surface area contributed by atoms with Crippen molar-refractivity contribution in [2.45, 2.75) is 38.8 Å². The van der Waals surface area contributed by atoms with Gasteiger partial charge in [-0.05, 0) is 31.4 Å². The van der Waals surface area contributed by atoms with Crippen molar-refractivity contribution in [3.8, 4) is 11.3 Å². The van der Waals surface area contributed by atoms with Crippen LogP contribution in [0, 0.1) is 5.92 Å². The Hall–Kier alpha value is -1.70. The van der Waals surface area contributed by atoms with Crippen molar-refractivity contribution >= 4 is 10.0 Å². The molecule has 0 radical (unpaired) electrons. The minimum absolute atomic E-state index is 0.144. The van der Waals surface area contributed by atoms with Gasteiger partial charge in [0.2, 0.25) is 10.0 Å². The maximum atomic E-state index is 12.7. The van der Waals surface area contributed by atoms with Crippen LogP contribution in [0.3, 0.4) is 0 Å². The molecule has 1 fully saturated rings. The van der Waals surface area contributed by atoms with Crippen molar-refractivity contribution in [2.24, 2.45) is 5.92 Å². The molecule has 2 aromatic rings. The summed E-state index contributed by atoms with van der Waals surface area (Å²) in [6.07, 6.45) is 3.55. The van der Waals surface area contributed by atoms with Gasteiger partial charge < -0.3 is 4.57 Å². The SMILES string of the molecule is CC(C)CS(=O)(=O)N1CCC2(CC1)c1ncc(-c3ccccc3)n1CCN2C. The summed E-state index contributed by atoms with van der Waals surface area (Å²) < 4.78 is 29.4.